The number of hydrogen-bond acceptors (Lipinski definition) is 5. The minimum atomic E-state index is -0.696. The summed E-state index contributed by atoms with van der Waals surface area (Å²) in [6, 6.07) is 11.4. The van der Waals surface area contributed by atoms with Gasteiger partial charge in [-0.3, -0.25) is 14.9 Å². The van der Waals surface area contributed by atoms with Crippen molar-refractivity contribution in [1.82, 2.24) is 5.32 Å². The number of fused-ring (bicyclic) bond motifs is 1. The first-order chi connectivity index (χ1) is 13.0. The maximum Gasteiger partial charge on any atom is 0.338 e. The van der Waals surface area contributed by atoms with Crippen LogP contribution in [0.1, 0.15) is 57.7 Å². The lowest BCUT2D eigenvalue weighted by Gasteiger charge is -2.26. The largest absolute Gasteiger partial charge is 0.462 e. The fourth-order valence-corrected chi connectivity index (χ4v) is 3.33. The van der Waals surface area contributed by atoms with Crippen molar-refractivity contribution in [2.75, 3.05) is 6.61 Å². The van der Waals surface area contributed by atoms with Gasteiger partial charge >= 0.3 is 5.97 Å². The first kappa shape index (κ1) is 18.6. The van der Waals surface area contributed by atoms with Gasteiger partial charge in [-0.25, -0.2) is 4.79 Å². The molecule has 2 aromatic carbocycles. The third-order valence-corrected chi connectivity index (χ3v) is 4.58. The van der Waals surface area contributed by atoms with Crippen LogP contribution in [0, 0.1) is 10.1 Å². The number of nitrogens with one attached hydrogen (secondary N) is 1. The minimum Gasteiger partial charge on any atom is -0.462 e. The van der Waals surface area contributed by atoms with Gasteiger partial charge in [-0.2, -0.15) is 0 Å². The molecule has 1 atom stereocenters. The molecule has 7 heteroatoms. The molecule has 0 spiro atoms. The molecule has 140 valence electrons. The van der Waals surface area contributed by atoms with Crippen LogP contribution < -0.4 is 5.32 Å². The molecule has 0 bridgehead atoms. The Kier molecular flexibility index (Phi) is 5.49. The predicted octanol–water partition coefficient (Wildman–Crippen LogP) is 3.58. The molecule has 1 aliphatic rings. The molecule has 0 radical (unpaired) electrons. The summed E-state index contributed by atoms with van der Waals surface area (Å²) in [7, 11) is 0. The summed E-state index contributed by atoms with van der Waals surface area (Å²) >= 11 is 0. The number of carbonyl (C=O) groups is 2. The Morgan fingerprint density at radius 3 is 2.70 bits per heavy atom. The lowest BCUT2D eigenvalue weighted by Crippen LogP contribution is -2.31. The van der Waals surface area contributed by atoms with Crippen molar-refractivity contribution in [3.05, 3.63) is 74.8 Å². The Bertz CT molecular complexity index is 894. The Balaban J connectivity index is 1.88. The van der Waals surface area contributed by atoms with Gasteiger partial charge in [0.05, 0.1) is 23.1 Å². The number of hydrogen-bond donors (Lipinski definition) is 1. The number of esters is 1. The molecular formula is C20H20N2O5. The number of ether oxygens (including phenoxy) is 1. The van der Waals surface area contributed by atoms with E-state index in [1.54, 1.807) is 6.92 Å². The van der Waals surface area contributed by atoms with Crippen LogP contribution in [0.2, 0.25) is 0 Å². The molecule has 0 saturated heterocycles. The summed E-state index contributed by atoms with van der Waals surface area (Å²) in [5, 5.41) is 14.1. The summed E-state index contributed by atoms with van der Waals surface area (Å²) in [5.41, 5.74) is 1.98. The second kappa shape index (κ2) is 7.99. The molecule has 0 aliphatic heterocycles. The molecule has 1 amide bonds. The van der Waals surface area contributed by atoms with Crippen LogP contribution in [0.25, 0.3) is 0 Å². The number of benzene rings is 2. The zero-order chi connectivity index (χ0) is 19.4. The topological polar surface area (TPSA) is 98.5 Å². The van der Waals surface area contributed by atoms with E-state index in [4.69, 9.17) is 4.74 Å². The van der Waals surface area contributed by atoms with Crippen LogP contribution in [-0.2, 0) is 11.2 Å². The van der Waals surface area contributed by atoms with Gasteiger partial charge in [0.15, 0.2) is 0 Å². The molecule has 0 unspecified atom stereocenters. The first-order valence-electron chi connectivity index (χ1n) is 8.85. The molecule has 7 nitrogen and oxygen atoms in total. The van der Waals surface area contributed by atoms with Crippen LogP contribution in [-0.4, -0.2) is 23.4 Å². The van der Waals surface area contributed by atoms with Gasteiger partial charge in [0, 0.05) is 17.7 Å². The minimum absolute atomic E-state index is 0.0137. The van der Waals surface area contributed by atoms with Crippen molar-refractivity contribution in [3.8, 4) is 0 Å². The summed E-state index contributed by atoms with van der Waals surface area (Å²) in [6.07, 6.45) is 2.71. The predicted molar refractivity (Wildman–Crippen MR) is 98.6 cm³/mol. The van der Waals surface area contributed by atoms with Gasteiger partial charge < -0.3 is 10.1 Å². The van der Waals surface area contributed by atoms with Crippen molar-refractivity contribution in [2.45, 2.75) is 32.2 Å². The average Bonchev–Trinajstić information content (AvgIpc) is 2.68. The average molecular weight is 368 g/mol. The zero-order valence-corrected chi connectivity index (χ0v) is 14.9. The highest BCUT2D eigenvalue weighted by Gasteiger charge is 2.24. The fourth-order valence-electron chi connectivity index (χ4n) is 3.33. The normalized spacial score (nSPS) is 15.5. The standard InChI is InChI=1S/C20H20N2O5/c1-2-27-20(24)15-10-14(11-16(12-15)22(25)26)19(23)21-18-9-5-7-13-6-3-4-8-17(13)18/h3-4,6,8,10-12,18H,2,5,7,9H2,1H3,(H,21,23)/t18-/m1/s1. The number of amides is 1. The monoisotopic (exact) mass is 368 g/mol. The van der Waals surface area contributed by atoms with Crippen LogP contribution in [0.15, 0.2) is 42.5 Å². The smallest absolute Gasteiger partial charge is 0.338 e. The van der Waals surface area contributed by atoms with E-state index >= 15 is 0 Å². The van der Waals surface area contributed by atoms with Crippen molar-refractivity contribution in [3.63, 3.8) is 0 Å². The number of nitrogens with zero attached hydrogens (tertiary/aromatic N) is 1. The summed E-state index contributed by atoms with van der Waals surface area (Å²) in [4.78, 5) is 35.3. The van der Waals surface area contributed by atoms with Crippen molar-refractivity contribution in [2.24, 2.45) is 0 Å². The molecule has 1 N–H and O–H groups in total. The van der Waals surface area contributed by atoms with E-state index in [9.17, 15) is 19.7 Å². The molecule has 1 aliphatic carbocycles. The highest BCUT2D eigenvalue weighted by molar-refractivity contribution is 5.99. The maximum atomic E-state index is 12.7. The SMILES string of the molecule is CCOC(=O)c1cc(C(=O)N[C@@H]2CCCc3ccccc32)cc([N+](=O)[O-])c1. The Hall–Kier alpha value is -3.22. The lowest BCUT2D eigenvalue weighted by molar-refractivity contribution is -0.384. The summed E-state index contributed by atoms with van der Waals surface area (Å²) in [5.74, 6) is -1.15. The number of aryl methyl sites for hydroxylation is 1. The van der Waals surface area contributed by atoms with Crippen molar-refractivity contribution >= 4 is 17.6 Å². The van der Waals surface area contributed by atoms with Gasteiger partial charge in [0.25, 0.3) is 11.6 Å². The van der Waals surface area contributed by atoms with E-state index in [1.165, 1.54) is 17.7 Å². The Labute approximate surface area is 156 Å². The third kappa shape index (κ3) is 4.13. The second-order valence-corrected chi connectivity index (χ2v) is 6.36. The number of carbonyl (C=O) groups excluding carboxylic acids is 2. The van der Waals surface area contributed by atoms with E-state index in [2.05, 4.69) is 5.32 Å². The molecule has 0 aromatic heterocycles. The maximum absolute atomic E-state index is 12.7. The van der Waals surface area contributed by atoms with E-state index < -0.39 is 16.8 Å². The van der Waals surface area contributed by atoms with Crippen molar-refractivity contribution < 1.29 is 19.2 Å². The molecule has 27 heavy (non-hydrogen) atoms. The Morgan fingerprint density at radius 2 is 1.96 bits per heavy atom. The lowest BCUT2D eigenvalue weighted by atomic mass is 9.87. The van der Waals surface area contributed by atoms with Gasteiger partial charge in [-0.15, -0.1) is 0 Å². The summed E-state index contributed by atoms with van der Waals surface area (Å²) < 4.78 is 4.90. The molecular weight excluding hydrogens is 348 g/mol. The number of nitro groups is 1. The summed E-state index contributed by atoms with van der Waals surface area (Å²) in [6.45, 7) is 1.78. The Morgan fingerprint density at radius 1 is 1.22 bits per heavy atom. The molecule has 2 aromatic rings. The molecule has 0 fully saturated rings. The zero-order valence-electron chi connectivity index (χ0n) is 14.9. The molecule has 3 rings (SSSR count). The number of non-ortho nitro benzene ring substituents is 1. The number of nitro benzene ring substituents is 1. The van der Waals surface area contributed by atoms with E-state index in [0.717, 1.165) is 30.9 Å². The number of rotatable bonds is 5. The highest BCUT2D eigenvalue weighted by Crippen LogP contribution is 2.30. The van der Waals surface area contributed by atoms with E-state index in [-0.39, 0.29) is 29.5 Å². The highest BCUT2D eigenvalue weighted by atomic mass is 16.6. The fraction of sp³-hybridized carbons (Fsp3) is 0.300. The second-order valence-electron chi connectivity index (χ2n) is 6.36. The third-order valence-electron chi connectivity index (χ3n) is 4.58. The van der Waals surface area contributed by atoms with E-state index in [1.807, 2.05) is 24.3 Å². The molecule has 0 heterocycles. The van der Waals surface area contributed by atoms with Gasteiger partial charge in [-0.05, 0) is 43.4 Å². The van der Waals surface area contributed by atoms with Gasteiger partial charge in [0.1, 0.15) is 0 Å². The quantitative estimate of drug-likeness (QED) is 0.494. The van der Waals surface area contributed by atoms with Crippen LogP contribution in [0.5, 0.6) is 0 Å². The van der Waals surface area contributed by atoms with Gasteiger partial charge in [0.2, 0.25) is 0 Å². The van der Waals surface area contributed by atoms with Crippen LogP contribution in [0.3, 0.4) is 0 Å². The molecule has 0 saturated carbocycles. The van der Waals surface area contributed by atoms with Gasteiger partial charge in [-0.1, -0.05) is 24.3 Å². The van der Waals surface area contributed by atoms with Crippen molar-refractivity contribution in [1.29, 1.82) is 0 Å². The first-order valence-corrected chi connectivity index (χ1v) is 8.85. The van der Waals surface area contributed by atoms with Crippen LogP contribution >= 0.6 is 0 Å². The van der Waals surface area contributed by atoms with Crippen LogP contribution in [0.4, 0.5) is 5.69 Å². The van der Waals surface area contributed by atoms with E-state index in [0.29, 0.717) is 0 Å².